The predicted molar refractivity (Wildman–Crippen MR) is 198 cm³/mol. The normalized spacial score (nSPS) is 23.8. The maximum atomic E-state index is 16.1. The lowest BCUT2D eigenvalue weighted by molar-refractivity contribution is -0.141. The molecule has 3 atom stereocenters. The molecule has 2 aromatic carbocycles. The zero-order valence-corrected chi connectivity index (χ0v) is 31.0. The number of rotatable bonds is 7. The van der Waals surface area contributed by atoms with Crippen LogP contribution in [0.4, 0.5) is 23.2 Å². The highest BCUT2D eigenvalue weighted by atomic mass is 35.5. The van der Waals surface area contributed by atoms with E-state index < -0.39 is 47.5 Å². The quantitative estimate of drug-likeness (QED) is 0.152. The van der Waals surface area contributed by atoms with Crippen molar-refractivity contribution in [2.45, 2.75) is 75.3 Å². The fourth-order valence-electron chi connectivity index (χ4n) is 8.59. The summed E-state index contributed by atoms with van der Waals surface area (Å²) in [5.41, 5.74) is 0.566. The van der Waals surface area contributed by atoms with Gasteiger partial charge in [0.15, 0.2) is 5.69 Å². The molecule has 56 heavy (non-hydrogen) atoms. The van der Waals surface area contributed by atoms with Crippen molar-refractivity contribution >= 4 is 56.9 Å². The Hall–Kier alpha value is -5.16. The summed E-state index contributed by atoms with van der Waals surface area (Å²) >= 11 is 6.43. The molecule has 1 saturated carbocycles. The fourth-order valence-corrected chi connectivity index (χ4v) is 8.79. The zero-order chi connectivity index (χ0) is 39.5. The number of imidazole rings is 1. The first-order valence-corrected chi connectivity index (χ1v) is 18.9. The summed E-state index contributed by atoms with van der Waals surface area (Å²) in [7, 11) is 1.64. The SMILES string of the molecule is Cn1c(=O)n(C2CCC(=O)NC2=O)c2cccc([C@@H]3CCN(CC4CCC(n5cc6cc(NC(=O)c7cncc(C(F)(F)F)n7)c(Cl)cc6n5)CC4)C[C@H]3F)c21. The van der Waals surface area contributed by atoms with Gasteiger partial charge in [0.2, 0.25) is 11.8 Å². The van der Waals surface area contributed by atoms with Crippen LogP contribution >= 0.6 is 11.6 Å². The van der Waals surface area contributed by atoms with Crippen LogP contribution in [0.25, 0.3) is 21.9 Å². The van der Waals surface area contributed by atoms with E-state index in [1.807, 2.05) is 16.9 Å². The van der Waals surface area contributed by atoms with E-state index in [-0.39, 0.29) is 47.7 Å². The molecule has 0 spiro atoms. The monoisotopic (exact) mass is 795 g/mol. The molecule has 2 N–H and O–H groups in total. The van der Waals surface area contributed by atoms with Gasteiger partial charge in [-0.25, -0.2) is 14.2 Å². The number of alkyl halides is 4. The average Bonchev–Trinajstić information content (AvgIpc) is 3.69. The first kappa shape index (κ1) is 37.7. The smallest absolute Gasteiger partial charge is 0.319 e. The van der Waals surface area contributed by atoms with Crippen LogP contribution in [0, 0.1) is 5.92 Å². The Kier molecular flexibility index (Phi) is 9.93. The van der Waals surface area contributed by atoms with E-state index in [0.29, 0.717) is 47.0 Å². The van der Waals surface area contributed by atoms with Crippen molar-refractivity contribution in [2.75, 3.05) is 25.0 Å². The highest BCUT2D eigenvalue weighted by Crippen LogP contribution is 2.39. The van der Waals surface area contributed by atoms with Crippen molar-refractivity contribution < 1.29 is 31.9 Å². The Bertz CT molecular complexity index is 2420. The summed E-state index contributed by atoms with van der Waals surface area (Å²) < 4.78 is 60.1. The van der Waals surface area contributed by atoms with E-state index in [1.54, 1.807) is 31.3 Å². The first-order chi connectivity index (χ1) is 26.7. The minimum Gasteiger partial charge on any atom is -0.319 e. The third-order valence-corrected chi connectivity index (χ3v) is 11.7. The standard InChI is InChI=1S/C38H38ClF4N9O4/c1-49-34-24(3-2-4-30(34)52(37(49)56)31-9-10-33(53)47-36(31)55)23-11-12-50(19-26(23)40)17-20-5-7-22(8-6-20)51-18-21-13-28(25(39)14-27(21)48-51)46-35(54)29-15-44-16-32(45-29)38(41,42)43/h2-4,13-16,18,20,22-23,26,31H,5-12,17,19H2,1H3,(H,46,54)(H,47,53,55)/t20?,22?,23-,26+,31?/m0/s1. The van der Waals surface area contributed by atoms with Crippen LogP contribution in [0.2, 0.25) is 5.02 Å². The van der Waals surface area contributed by atoms with Crippen molar-refractivity contribution in [3.63, 3.8) is 0 Å². The van der Waals surface area contributed by atoms with Crippen LogP contribution in [0.1, 0.15) is 84.7 Å². The van der Waals surface area contributed by atoms with Gasteiger partial charge < -0.3 is 10.2 Å². The molecule has 13 nitrogen and oxygen atoms in total. The number of hydrogen-bond acceptors (Lipinski definition) is 8. The topological polar surface area (TPSA) is 149 Å². The van der Waals surface area contributed by atoms with Crippen LogP contribution in [0.3, 0.4) is 0 Å². The average molecular weight is 796 g/mol. The minimum absolute atomic E-state index is 0.120. The van der Waals surface area contributed by atoms with Gasteiger partial charge in [0, 0.05) is 44.1 Å². The number of anilines is 1. The molecule has 0 radical (unpaired) electrons. The zero-order valence-electron chi connectivity index (χ0n) is 30.2. The van der Waals surface area contributed by atoms with Crippen molar-refractivity contribution in [2.24, 2.45) is 13.0 Å². The molecule has 5 aromatic rings. The maximum absolute atomic E-state index is 16.1. The second kappa shape index (κ2) is 14.7. The second-order valence-electron chi connectivity index (χ2n) is 15.0. The number of aryl methyl sites for hydroxylation is 1. The number of halogens is 5. The van der Waals surface area contributed by atoms with Crippen LogP contribution < -0.4 is 16.3 Å². The summed E-state index contributed by atoms with van der Waals surface area (Å²) in [5, 5.41) is 10.4. The van der Waals surface area contributed by atoms with Gasteiger partial charge in [-0.1, -0.05) is 23.7 Å². The molecule has 3 amide bonds. The van der Waals surface area contributed by atoms with Gasteiger partial charge >= 0.3 is 11.9 Å². The van der Waals surface area contributed by atoms with Gasteiger partial charge in [0.25, 0.3) is 5.91 Å². The van der Waals surface area contributed by atoms with Crippen molar-refractivity contribution in [1.82, 2.24) is 39.1 Å². The van der Waals surface area contributed by atoms with Gasteiger partial charge in [0.05, 0.1) is 45.7 Å². The Morgan fingerprint density at radius 2 is 1.84 bits per heavy atom. The molecule has 3 aliphatic rings. The summed E-state index contributed by atoms with van der Waals surface area (Å²) in [6.07, 6.45) is 1.96. The first-order valence-electron chi connectivity index (χ1n) is 18.5. The van der Waals surface area contributed by atoms with Gasteiger partial charge in [-0.2, -0.15) is 18.3 Å². The molecule has 3 aromatic heterocycles. The van der Waals surface area contributed by atoms with Crippen molar-refractivity contribution in [1.29, 1.82) is 0 Å². The molecular weight excluding hydrogens is 758 g/mol. The number of amides is 3. The molecule has 8 rings (SSSR count). The molecule has 18 heteroatoms. The summed E-state index contributed by atoms with van der Waals surface area (Å²) in [4.78, 5) is 59.6. The number of piperidine rings is 2. The highest BCUT2D eigenvalue weighted by Gasteiger charge is 2.37. The van der Waals surface area contributed by atoms with Gasteiger partial charge in [-0.3, -0.25) is 38.5 Å². The van der Waals surface area contributed by atoms with Crippen LogP contribution in [0.15, 0.2) is 53.7 Å². The third-order valence-electron chi connectivity index (χ3n) is 11.4. The van der Waals surface area contributed by atoms with Crippen molar-refractivity contribution in [3.8, 4) is 0 Å². The van der Waals surface area contributed by atoms with E-state index in [2.05, 4.69) is 25.5 Å². The lowest BCUT2D eigenvalue weighted by atomic mass is 9.83. The van der Waals surface area contributed by atoms with E-state index in [9.17, 15) is 32.3 Å². The largest absolute Gasteiger partial charge is 0.434 e. The number of benzene rings is 2. The number of imide groups is 1. The van der Waals surface area contributed by atoms with E-state index >= 15 is 4.39 Å². The van der Waals surface area contributed by atoms with Crippen LogP contribution in [-0.2, 0) is 22.8 Å². The second-order valence-corrected chi connectivity index (χ2v) is 15.4. The Labute approximate surface area is 322 Å². The van der Waals surface area contributed by atoms with Crippen LogP contribution in [0.5, 0.6) is 0 Å². The number of hydrogen-bond donors (Lipinski definition) is 2. The summed E-state index contributed by atoms with van der Waals surface area (Å²) in [6.45, 7) is 1.74. The predicted octanol–water partition coefficient (Wildman–Crippen LogP) is 5.94. The number of para-hydroxylation sites is 1. The number of fused-ring (bicyclic) bond motifs is 2. The molecule has 0 bridgehead atoms. The molecular formula is C38H38ClF4N9O4. The molecule has 5 heterocycles. The highest BCUT2D eigenvalue weighted by molar-refractivity contribution is 6.34. The van der Waals surface area contributed by atoms with Gasteiger partial charge in [0.1, 0.15) is 17.9 Å². The molecule has 1 aliphatic carbocycles. The maximum Gasteiger partial charge on any atom is 0.434 e. The number of carbonyl (C=O) groups is 3. The van der Waals surface area contributed by atoms with Crippen molar-refractivity contribution in [3.05, 3.63) is 81.4 Å². The molecule has 2 saturated heterocycles. The number of nitrogens with zero attached hydrogens (tertiary/aromatic N) is 7. The number of aromatic nitrogens is 6. The lowest BCUT2D eigenvalue weighted by Gasteiger charge is -2.38. The van der Waals surface area contributed by atoms with E-state index in [0.717, 1.165) is 44.0 Å². The van der Waals surface area contributed by atoms with Crippen LogP contribution in [-0.4, -0.2) is 77.3 Å². The molecule has 2 aliphatic heterocycles. The lowest BCUT2D eigenvalue weighted by Crippen LogP contribution is -2.44. The Morgan fingerprint density at radius 3 is 2.57 bits per heavy atom. The van der Waals surface area contributed by atoms with Gasteiger partial charge in [-0.05, 0) is 74.8 Å². The summed E-state index contributed by atoms with van der Waals surface area (Å²) in [5.74, 6) is -1.80. The van der Waals surface area contributed by atoms with Gasteiger partial charge in [-0.15, -0.1) is 0 Å². The number of nitrogens with one attached hydrogen (secondary N) is 2. The van der Waals surface area contributed by atoms with E-state index in [1.165, 1.54) is 9.13 Å². The number of likely N-dealkylation sites (tertiary alicyclic amines) is 1. The van der Waals surface area contributed by atoms with E-state index in [4.69, 9.17) is 16.7 Å². The molecule has 1 unspecified atom stereocenters. The molecule has 3 fully saturated rings. The fraction of sp³-hybridized carbons (Fsp3) is 0.447. The molecule has 294 valence electrons. The Balaban J connectivity index is 0.884. The summed E-state index contributed by atoms with van der Waals surface area (Å²) in [6, 6.07) is 7.96. The third kappa shape index (κ3) is 7.17. The Morgan fingerprint density at radius 1 is 1.05 bits per heavy atom. The minimum atomic E-state index is -4.75. The number of carbonyl (C=O) groups excluding carboxylic acids is 3.